The minimum atomic E-state index is 0.316. The summed E-state index contributed by atoms with van der Waals surface area (Å²) in [6.45, 7) is 7.41. The fraction of sp³-hybridized carbons (Fsp3) is 0.222. The standard InChI is InChI=1S/C18H15NO2/c1-19-16-6-2-13(3-7-16)12-21-18-9-5-14-10-17(20)8-4-15(14)11-18/h2-3,5-7,9,11H,4,8,10,12H2. The maximum absolute atomic E-state index is 11.4. The molecule has 0 atom stereocenters. The highest BCUT2D eigenvalue weighted by molar-refractivity contribution is 5.83. The first kappa shape index (κ1) is 13.4. The number of fused-ring (bicyclic) bond motifs is 1. The van der Waals surface area contributed by atoms with Crippen molar-refractivity contribution < 1.29 is 9.53 Å². The van der Waals surface area contributed by atoms with Gasteiger partial charge in [-0.25, -0.2) is 4.85 Å². The molecule has 0 saturated carbocycles. The molecular formula is C18H15NO2. The van der Waals surface area contributed by atoms with E-state index in [2.05, 4.69) is 4.85 Å². The first-order valence-electron chi connectivity index (χ1n) is 6.97. The Labute approximate surface area is 124 Å². The highest BCUT2D eigenvalue weighted by atomic mass is 16.5. The normalized spacial score (nSPS) is 13.4. The largest absolute Gasteiger partial charge is 0.489 e. The van der Waals surface area contributed by atoms with Crippen molar-refractivity contribution in [2.24, 2.45) is 0 Å². The second-order valence-electron chi connectivity index (χ2n) is 5.21. The van der Waals surface area contributed by atoms with Crippen molar-refractivity contribution >= 4 is 11.5 Å². The number of ether oxygens (including phenoxy) is 1. The number of hydrogen-bond donors (Lipinski definition) is 0. The van der Waals surface area contributed by atoms with E-state index in [0.717, 1.165) is 23.3 Å². The summed E-state index contributed by atoms with van der Waals surface area (Å²) in [5.74, 6) is 1.15. The average molecular weight is 277 g/mol. The molecule has 3 rings (SSSR count). The van der Waals surface area contributed by atoms with Gasteiger partial charge in [-0.15, -0.1) is 0 Å². The van der Waals surface area contributed by atoms with Crippen molar-refractivity contribution in [1.29, 1.82) is 0 Å². The van der Waals surface area contributed by atoms with Gasteiger partial charge in [-0.05, 0) is 35.2 Å². The Balaban J connectivity index is 1.68. The number of rotatable bonds is 3. The number of ketones is 1. The van der Waals surface area contributed by atoms with Crippen LogP contribution in [-0.4, -0.2) is 5.78 Å². The fourth-order valence-electron chi connectivity index (χ4n) is 2.51. The van der Waals surface area contributed by atoms with E-state index < -0.39 is 0 Å². The molecule has 0 heterocycles. The third-order valence-electron chi connectivity index (χ3n) is 3.71. The Morgan fingerprint density at radius 1 is 1.05 bits per heavy atom. The van der Waals surface area contributed by atoms with Crippen molar-refractivity contribution in [1.82, 2.24) is 0 Å². The molecule has 0 N–H and O–H groups in total. The molecular weight excluding hydrogens is 262 g/mol. The summed E-state index contributed by atoms with van der Waals surface area (Å²) in [6, 6.07) is 13.4. The Kier molecular flexibility index (Phi) is 3.70. The van der Waals surface area contributed by atoms with Gasteiger partial charge in [0.05, 0.1) is 6.57 Å². The molecule has 104 valence electrons. The molecule has 0 aromatic heterocycles. The number of carbonyl (C=O) groups is 1. The first-order valence-corrected chi connectivity index (χ1v) is 6.97. The van der Waals surface area contributed by atoms with Crippen LogP contribution in [0.3, 0.4) is 0 Å². The van der Waals surface area contributed by atoms with E-state index in [1.165, 1.54) is 5.56 Å². The molecule has 3 nitrogen and oxygen atoms in total. The Hall–Kier alpha value is -2.60. The number of aryl methyl sites for hydroxylation is 1. The van der Waals surface area contributed by atoms with Gasteiger partial charge in [-0.3, -0.25) is 4.79 Å². The van der Waals surface area contributed by atoms with E-state index in [-0.39, 0.29) is 0 Å². The molecule has 0 spiro atoms. The predicted octanol–water partition coefficient (Wildman–Crippen LogP) is 3.87. The van der Waals surface area contributed by atoms with Gasteiger partial charge in [0.2, 0.25) is 0 Å². The van der Waals surface area contributed by atoms with Crippen LogP contribution in [0, 0.1) is 6.57 Å². The Morgan fingerprint density at radius 3 is 2.62 bits per heavy atom. The topological polar surface area (TPSA) is 30.7 Å². The third kappa shape index (κ3) is 3.11. The summed E-state index contributed by atoms with van der Waals surface area (Å²) in [5.41, 5.74) is 4.02. The molecule has 2 aromatic rings. The van der Waals surface area contributed by atoms with Crippen LogP contribution in [0.2, 0.25) is 0 Å². The summed E-state index contributed by atoms with van der Waals surface area (Å²) in [4.78, 5) is 14.8. The van der Waals surface area contributed by atoms with Crippen LogP contribution in [0.1, 0.15) is 23.1 Å². The number of carbonyl (C=O) groups excluding carboxylic acids is 1. The lowest BCUT2D eigenvalue weighted by Gasteiger charge is -2.16. The number of benzene rings is 2. The maximum Gasteiger partial charge on any atom is 0.187 e. The third-order valence-corrected chi connectivity index (χ3v) is 3.71. The highest BCUT2D eigenvalue weighted by Gasteiger charge is 2.15. The summed E-state index contributed by atoms with van der Waals surface area (Å²) >= 11 is 0. The monoisotopic (exact) mass is 277 g/mol. The zero-order valence-corrected chi connectivity index (χ0v) is 11.6. The summed E-state index contributed by atoms with van der Waals surface area (Å²) in [5, 5.41) is 0. The van der Waals surface area contributed by atoms with Gasteiger partial charge in [0.25, 0.3) is 0 Å². The number of nitrogens with zero attached hydrogens (tertiary/aromatic N) is 1. The second-order valence-corrected chi connectivity index (χ2v) is 5.21. The van der Waals surface area contributed by atoms with Crippen LogP contribution in [-0.2, 0) is 24.2 Å². The fourth-order valence-corrected chi connectivity index (χ4v) is 2.51. The van der Waals surface area contributed by atoms with Gasteiger partial charge in [0.15, 0.2) is 5.69 Å². The van der Waals surface area contributed by atoms with Crippen molar-refractivity contribution in [2.75, 3.05) is 0 Å². The van der Waals surface area contributed by atoms with Crippen LogP contribution in [0.15, 0.2) is 42.5 Å². The SMILES string of the molecule is [C-]#[N+]c1ccc(COc2ccc3c(c2)CCC(=O)C3)cc1. The zero-order valence-electron chi connectivity index (χ0n) is 11.6. The van der Waals surface area contributed by atoms with Gasteiger partial charge in [0, 0.05) is 12.8 Å². The quantitative estimate of drug-likeness (QED) is 0.797. The van der Waals surface area contributed by atoms with Crippen LogP contribution in [0.4, 0.5) is 5.69 Å². The van der Waals surface area contributed by atoms with Crippen molar-refractivity contribution in [3.8, 4) is 5.75 Å². The van der Waals surface area contributed by atoms with Crippen LogP contribution in [0.25, 0.3) is 4.85 Å². The zero-order chi connectivity index (χ0) is 14.7. The Bertz CT molecular complexity index is 711. The summed E-state index contributed by atoms with van der Waals surface area (Å²) < 4.78 is 5.80. The van der Waals surface area contributed by atoms with Gasteiger partial charge in [0.1, 0.15) is 18.1 Å². The molecule has 0 fully saturated rings. The van der Waals surface area contributed by atoms with Gasteiger partial charge < -0.3 is 4.74 Å². The first-order chi connectivity index (χ1) is 10.2. The summed E-state index contributed by atoms with van der Waals surface area (Å²) in [7, 11) is 0. The van der Waals surface area contributed by atoms with Crippen LogP contribution in [0.5, 0.6) is 5.75 Å². The van der Waals surface area contributed by atoms with E-state index in [1.54, 1.807) is 12.1 Å². The minimum Gasteiger partial charge on any atom is -0.489 e. The molecule has 1 aliphatic rings. The number of hydrogen-bond acceptors (Lipinski definition) is 2. The molecule has 0 amide bonds. The molecule has 1 aliphatic carbocycles. The van der Waals surface area contributed by atoms with Gasteiger partial charge in [-0.2, -0.15) is 0 Å². The van der Waals surface area contributed by atoms with Crippen molar-refractivity contribution in [2.45, 2.75) is 25.9 Å². The molecule has 0 aliphatic heterocycles. The molecule has 21 heavy (non-hydrogen) atoms. The van der Waals surface area contributed by atoms with Gasteiger partial charge >= 0.3 is 0 Å². The van der Waals surface area contributed by atoms with Crippen molar-refractivity contribution in [3.63, 3.8) is 0 Å². The Morgan fingerprint density at radius 2 is 1.86 bits per heavy atom. The highest BCUT2D eigenvalue weighted by Crippen LogP contribution is 2.24. The molecule has 2 aromatic carbocycles. The predicted molar refractivity (Wildman–Crippen MR) is 80.5 cm³/mol. The molecule has 0 unspecified atom stereocenters. The van der Waals surface area contributed by atoms with Gasteiger partial charge in [-0.1, -0.05) is 30.3 Å². The van der Waals surface area contributed by atoms with Crippen LogP contribution < -0.4 is 4.74 Å². The minimum absolute atomic E-state index is 0.316. The van der Waals surface area contributed by atoms with E-state index in [1.807, 2.05) is 30.3 Å². The van der Waals surface area contributed by atoms with Crippen LogP contribution >= 0.6 is 0 Å². The maximum atomic E-state index is 11.4. The smallest absolute Gasteiger partial charge is 0.187 e. The average Bonchev–Trinajstić information content (AvgIpc) is 2.53. The lowest BCUT2D eigenvalue weighted by atomic mass is 9.91. The van der Waals surface area contributed by atoms with E-state index in [0.29, 0.717) is 30.9 Å². The molecule has 0 bridgehead atoms. The van der Waals surface area contributed by atoms with E-state index in [4.69, 9.17) is 11.3 Å². The van der Waals surface area contributed by atoms with Crippen molar-refractivity contribution in [3.05, 3.63) is 70.6 Å². The summed E-state index contributed by atoms with van der Waals surface area (Å²) in [6.07, 6.45) is 1.99. The molecule has 3 heteroatoms. The molecule has 0 saturated heterocycles. The molecule has 0 radical (unpaired) electrons. The lowest BCUT2D eigenvalue weighted by Crippen LogP contribution is -2.13. The van der Waals surface area contributed by atoms with E-state index >= 15 is 0 Å². The lowest BCUT2D eigenvalue weighted by molar-refractivity contribution is -0.118. The number of Topliss-reactive ketones (excluding diaryl/α,β-unsaturated/α-hetero) is 1. The second kappa shape index (κ2) is 5.80. The van der Waals surface area contributed by atoms with E-state index in [9.17, 15) is 4.79 Å².